The van der Waals surface area contributed by atoms with Crippen LogP contribution in [0.1, 0.15) is 11.7 Å². The summed E-state index contributed by atoms with van der Waals surface area (Å²) in [6, 6.07) is 9.17. The molecule has 0 saturated heterocycles. The van der Waals surface area contributed by atoms with Gasteiger partial charge in [0.25, 0.3) is 5.91 Å². The Kier molecular flexibility index (Phi) is 4.88. The van der Waals surface area contributed by atoms with Gasteiger partial charge in [-0.05, 0) is 35.9 Å². The number of nitrogens with one attached hydrogen (secondary N) is 1. The molecule has 152 valence electrons. The number of benzene rings is 2. The summed E-state index contributed by atoms with van der Waals surface area (Å²) in [7, 11) is 1.76. The number of amides is 1. The van der Waals surface area contributed by atoms with Crippen molar-refractivity contribution in [2.75, 3.05) is 11.1 Å². The van der Waals surface area contributed by atoms with Crippen LogP contribution in [0, 0.1) is 11.6 Å². The summed E-state index contributed by atoms with van der Waals surface area (Å²) in [4.78, 5) is 20.4. The Hall–Kier alpha value is -3.85. The van der Waals surface area contributed by atoms with Crippen molar-refractivity contribution in [3.05, 3.63) is 72.2 Å². The lowest BCUT2D eigenvalue weighted by Gasteiger charge is -2.13. The van der Waals surface area contributed by atoms with Crippen LogP contribution in [0.5, 0.6) is 0 Å². The van der Waals surface area contributed by atoms with Crippen LogP contribution in [0.15, 0.2) is 55.0 Å². The molecule has 0 radical (unpaired) electrons. The van der Waals surface area contributed by atoms with Crippen LogP contribution in [-0.4, -0.2) is 25.5 Å². The fraction of sp³-hybridized carbons (Fsp3) is 0.0952. The maximum absolute atomic E-state index is 14.9. The predicted molar refractivity (Wildman–Crippen MR) is 108 cm³/mol. The molecule has 1 amide bonds. The van der Waals surface area contributed by atoms with E-state index >= 15 is 0 Å². The number of rotatable bonds is 4. The van der Waals surface area contributed by atoms with Gasteiger partial charge in [0.2, 0.25) is 0 Å². The molecule has 0 aliphatic heterocycles. The number of nitrogens with zero attached hydrogens (tertiary/aromatic N) is 3. The zero-order valence-corrected chi connectivity index (χ0v) is 15.8. The molecule has 0 fully saturated rings. The molecule has 2 heterocycles. The number of aliphatic hydroxyl groups excluding tert-OH is 1. The first-order valence-electron chi connectivity index (χ1n) is 8.95. The van der Waals surface area contributed by atoms with Crippen LogP contribution in [0.25, 0.3) is 22.2 Å². The van der Waals surface area contributed by atoms with Gasteiger partial charge in [-0.2, -0.15) is 0 Å². The van der Waals surface area contributed by atoms with Gasteiger partial charge in [-0.1, -0.05) is 12.1 Å². The summed E-state index contributed by atoms with van der Waals surface area (Å²) in [5.41, 5.74) is 7.52. The van der Waals surface area contributed by atoms with E-state index in [1.165, 1.54) is 36.7 Å². The fourth-order valence-electron chi connectivity index (χ4n) is 3.29. The summed E-state index contributed by atoms with van der Waals surface area (Å²) >= 11 is 0. The Morgan fingerprint density at radius 1 is 1.17 bits per heavy atom. The molecule has 4 N–H and O–H groups in total. The highest BCUT2D eigenvalue weighted by atomic mass is 19.1. The highest BCUT2D eigenvalue weighted by molar-refractivity contribution is 6.01. The quantitative estimate of drug-likeness (QED) is 0.480. The molecule has 0 unspecified atom stereocenters. The summed E-state index contributed by atoms with van der Waals surface area (Å²) in [5, 5.41) is 13.1. The lowest BCUT2D eigenvalue weighted by Crippen LogP contribution is -2.21. The van der Waals surface area contributed by atoms with Gasteiger partial charge in [0, 0.05) is 30.1 Å². The number of nitrogens with two attached hydrogens (primary N) is 1. The minimum Gasteiger partial charge on any atom is -0.383 e. The van der Waals surface area contributed by atoms with E-state index in [4.69, 9.17) is 5.73 Å². The zero-order chi connectivity index (χ0) is 21.4. The first-order valence-corrected chi connectivity index (χ1v) is 8.95. The van der Waals surface area contributed by atoms with Crippen LogP contribution in [0.4, 0.5) is 20.3 Å². The van der Waals surface area contributed by atoms with E-state index in [1.807, 2.05) is 0 Å². The van der Waals surface area contributed by atoms with Crippen LogP contribution in [0.3, 0.4) is 0 Å². The standard InChI is InChI=1S/C21H17F2N5O2/c1-28-9-15(17-19(24)25-10-26-20(17)28)14-6-5-13(8-16(14)23)27-21(30)18(29)11-3-2-4-12(22)7-11/h2-10,18,29H,1H3,(H,27,30)(H2,24,25,26)/t18-/m0/s1. The van der Waals surface area contributed by atoms with E-state index in [2.05, 4.69) is 15.3 Å². The summed E-state index contributed by atoms with van der Waals surface area (Å²) < 4.78 is 29.9. The fourth-order valence-corrected chi connectivity index (χ4v) is 3.29. The minimum absolute atomic E-state index is 0.0934. The van der Waals surface area contributed by atoms with Gasteiger partial charge < -0.3 is 20.7 Å². The third-order valence-electron chi connectivity index (χ3n) is 4.72. The monoisotopic (exact) mass is 409 g/mol. The summed E-state index contributed by atoms with van der Waals surface area (Å²) in [5.74, 6) is -1.77. The Labute approximate surface area is 169 Å². The first-order chi connectivity index (χ1) is 14.3. The molecule has 0 bridgehead atoms. The van der Waals surface area contributed by atoms with Crippen LogP contribution < -0.4 is 11.1 Å². The third-order valence-corrected chi connectivity index (χ3v) is 4.72. The summed E-state index contributed by atoms with van der Waals surface area (Å²) in [6.07, 6.45) is 1.43. The molecule has 0 aliphatic rings. The van der Waals surface area contributed by atoms with Crippen molar-refractivity contribution in [2.45, 2.75) is 6.10 Å². The number of halogens is 2. The molecular formula is C21H17F2N5O2. The number of aryl methyl sites for hydroxylation is 1. The Morgan fingerprint density at radius 2 is 1.97 bits per heavy atom. The summed E-state index contributed by atoms with van der Waals surface area (Å²) in [6.45, 7) is 0. The molecule has 1 atom stereocenters. The lowest BCUT2D eigenvalue weighted by molar-refractivity contribution is -0.124. The molecule has 0 saturated carbocycles. The van der Waals surface area contributed by atoms with Crippen molar-refractivity contribution in [1.29, 1.82) is 0 Å². The van der Waals surface area contributed by atoms with E-state index in [0.29, 0.717) is 16.6 Å². The van der Waals surface area contributed by atoms with Gasteiger partial charge in [0.1, 0.15) is 29.4 Å². The average molecular weight is 409 g/mol. The van der Waals surface area contributed by atoms with Crippen LogP contribution in [-0.2, 0) is 11.8 Å². The Morgan fingerprint density at radius 3 is 2.70 bits per heavy atom. The predicted octanol–water partition coefficient (Wildman–Crippen LogP) is 3.17. The molecule has 30 heavy (non-hydrogen) atoms. The minimum atomic E-state index is -1.60. The molecule has 4 aromatic rings. The number of hydrogen-bond acceptors (Lipinski definition) is 5. The second kappa shape index (κ2) is 7.53. The van der Waals surface area contributed by atoms with E-state index in [-0.39, 0.29) is 22.6 Å². The Bertz CT molecular complexity index is 1270. The van der Waals surface area contributed by atoms with Crippen molar-refractivity contribution in [2.24, 2.45) is 7.05 Å². The SMILES string of the molecule is Cn1cc(-c2ccc(NC(=O)[C@@H](O)c3cccc(F)c3)cc2F)c2c(N)ncnc21. The highest BCUT2D eigenvalue weighted by Gasteiger charge is 2.20. The maximum Gasteiger partial charge on any atom is 0.257 e. The number of hydrogen-bond donors (Lipinski definition) is 3. The molecule has 0 aliphatic carbocycles. The zero-order valence-electron chi connectivity index (χ0n) is 15.8. The van der Waals surface area contributed by atoms with E-state index < -0.39 is 23.6 Å². The van der Waals surface area contributed by atoms with Crippen molar-refractivity contribution in [1.82, 2.24) is 14.5 Å². The number of carbonyl (C=O) groups is 1. The van der Waals surface area contributed by atoms with Crippen molar-refractivity contribution in [3.8, 4) is 11.1 Å². The highest BCUT2D eigenvalue weighted by Crippen LogP contribution is 2.34. The maximum atomic E-state index is 14.9. The van der Waals surface area contributed by atoms with Gasteiger partial charge in [-0.15, -0.1) is 0 Å². The molecule has 9 heteroatoms. The van der Waals surface area contributed by atoms with Crippen LogP contribution in [0.2, 0.25) is 0 Å². The van der Waals surface area contributed by atoms with Gasteiger partial charge >= 0.3 is 0 Å². The van der Waals surface area contributed by atoms with E-state index in [1.54, 1.807) is 17.8 Å². The van der Waals surface area contributed by atoms with Gasteiger partial charge in [-0.25, -0.2) is 18.7 Å². The Balaban J connectivity index is 1.62. The number of fused-ring (bicyclic) bond motifs is 1. The smallest absolute Gasteiger partial charge is 0.257 e. The first kappa shape index (κ1) is 19.5. The molecular weight excluding hydrogens is 392 g/mol. The topological polar surface area (TPSA) is 106 Å². The third kappa shape index (κ3) is 3.46. The van der Waals surface area contributed by atoms with Crippen molar-refractivity contribution < 1.29 is 18.7 Å². The van der Waals surface area contributed by atoms with Gasteiger partial charge in [0.05, 0.1) is 5.39 Å². The van der Waals surface area contributed by atoms with Gasteiger partial charge in [-0.3, -0.25) is 4.79 Å². The molecule has 2 aromatic carbocycles. The van der Waals surface area contributed by atoms with Crippen molar-refractivity contribution >= 4 is 28.4 Å². The average Bonchev–Trinajstić information content (AvgIpc) is 3.05. The van der Waals surface area contributed by atoms with E-state index in [0.717, 1.165) is 12.1 Å². The number of carbonyl (C=O) groups excluding carboxylic acids is 1. The normalized spacial score (nSPS) is 12.1. The second-order valence-electron chi connectivity index (χ2n) is 6.75. The number of aromatic nitrogens is 3. The lowest BCUT2D eigenvalue weighted by atomic mass is 10.0. The van der Waals surface area contributed by atoms with Crippen LogP contribution >= 0.6 is 0 Å². The number of anilines is 2. The van der Waals surface area contributed by atoms with E-state index in [9.17, 15) is 18.7 Å². The second-order valence-corrected chi connectivity index (χ2v) is 6.75. The number of aliphatic hydroxyl groups is 1. The molecule has 4 rings (SSSR count). The van der Waals surface area contributed by atoms with Crippen molar-refractivity contribution in [3.63, 3.8) is 0 Å². The van der Waals surface area contributed by atoms with Gasteiger partial charge in [0.15, 0.2) is 6.10 Å². The molecule has 7 nitrogen and oxygen atoms in total. The number of nitrogen functional groups attached to an aromatic ring is 1. The molecule has 2 aromatic heterocycles. The molecule has 0 spiro atoms. The largest absolute Gasteiger partial charge is 0.383 e.